The van der Waals surface area contributed by atoms with Gasteiger partial charge in [0.2, 0.25) is 5.91 Å². The summed E-state index contributed by atoms with van der Waals surface area (Å²) in [6, 6.07) is 0.448. The van der Waals surface area contributed by atoms with Crippen molar-refractivity contribution in [1.29, 1.82) is 0 Å². The predicted octanol–water partition coefficient (Wildman–Crippen LogP) is 3.67. The maximum absolute atomic E-state index is 11.7. The lowest BCUT2D eigenvalue weighted by molar-refractivity contribution is -0.134. The van der Waals surface area contributed by atoms with Crippen molar-refractivity contribution in [1.82, 2.24) is 5.32 Å². The minimum atomic E-state index is 0.286. The molecule has 2 nitrogen and oxygen atoms in total. The van der Waals surface area contributed by atoms with Crippen molar-refractivity contribution in [3.63, 3.8) is 0 Å². The highest BCUT2D eigenvalue weighted by molar-refractivity contribution is 5.77. The van der Waals surface area contributed by atoms with Crippen LogP contribution in [0.3, 0.4) is 0 Å². The van der Waals surface area contributed by atoms with Gasteiger partial charge in [0.15, 0.2) is 0 Å². The number of nitrogens with one attached hydrogen (secondary N) is 1. The lowest BCUT2D eigenvalue weighted by Gasteiger charge is -2.59. The molecule has 1 heterocycles. The lowest BCUT2D eigenvalue weighted by Crippen LogP contribution is -2.60. The van der Waals surface area contributed by atoms with E-state index in [2.05, 4.69) is 31.3 Å². The van der Waals surface area contributed by atoms with E-state index >= 15 is 0 Å². The van der Waals surface area contributed by atoms with E-state index in [1.807, 2.05) is 0 Å². The van der Waals surface area contributed by atoms with E-state index in [-0.39, 0.29) is 5.91 Å². The van der Waals surface area contributed by atoms with Gasteiger partial charge in [0.25, 0.3) is 0 Å². The van der Waals surface area contributed by atoms with Crippen LogP contribution in [0.15, 0.2) is 12.2 Å². The predicted molar refractivity (Wildman–Crippen MR) is 80.1 cm³/mol. The third kappa shape index (κ3) is 1.60. The first-order chi connectivity index (χ1) is 9.53. The van der Waals surface area contributed by atoms with Crippen molar-refractivity contribution in [3.8, 4) is 0 Å². The smallest absolute Gasteiger partial charge is 0.220 e. The minimum Gasteiger partial charge on any atom is -0.353 e. The largest absolute Gasteiger partial charge is 0.353 e. The van der Waals surface area contributed by atoms with E-state index in [1.165, 1.54) is 32.1 Å². The van der Waals surface area contributed by atoms with E-state index in [0.29, 0.717) is 16.9 Å². The van der Waals surface area contributed by atoms with E-state index < -0.39 is 0 Å². The number of hydrogen-bond donors (Lipinski definition) is 1. The van der Waals surface area contributed by atoms with Crippen molar-refractivity contribution in [3.05, 3.63) is 12.2 Å². The van der Waals surface area contributed by atoms with Gasteiger partial charge >= 0.3 is 0 Å². The topological polar surface area (TPSA) is 29.1 Å². The fourth-order valence-electron chi connectivity index (χ4n) is 6.18. The van der Waals surface area contributed by atoms with Crippen LogP contribution in [0.4, 0.5) is 0 Å². The van der Waals surface area contributed by atoms with Crippen LogP contribution in [0, 0.1) is 28.6 Å². The molecule has 0 aromatic carbocycles. The Morgan fingerprint density at radius 3 is 2.85 bits per heavy atom. The molecule has 3 fully saturated rings. The molecule has 1 amide bonds. The summed E-state index contributed by atoms with van der Waals surface area (Å²) < 4.78 is 0. The Hall–Kier alpha value is -0.790. The van der Waals surface area contributed by atoms with Crippen molar-refractivity contribution in [2.45, 2.75) is 64.8 Å². The molecule has 110 valence electrons. The number of rotatable bonds is 0. The van der Waals surface area contributed by atoms with Gasteiger partial charge in [-0.25, -0.2) is 0 Å². The zero-order valence-corrected chi connectivity index (χ0v) is 12.8. The fraction of sp³-hybridized carbons (Fsp3) is 0.833. The van der Waals surface area contributed by atoms with Crippen molar-refractivity contribution in [2.75, 3.05) is 0 Å². The second kappa shape index (κ2) is 4.11. The summed E-state index contributed by atoms with van der Waals surface area (Å²) in [6.07, 6.45) is 13.3. The van der Waals surface area contributed by atoms with Gasteiger partial charge in [0.1, 0.15) is 0 Å². The van der Waals surface area contributed by atoms with Gasteiger partial charge in [-0.3, -0.25) is 4.79 Å². The summed E-state index contributed by atoms with van der Waals surface area (Å²) in [7, 11) is 0. The fourth-order valence-corrected chi connectivity index (χ4v) is 6.18. The van der Waals surface area contributed by atoms with Crippen LogP contribution < -0.4 is 5.32 Å². The molecule has 6 atom stereocenters. The first-order valence-corrected chi connectivity index (χ1v) is 8.50. The SMILES string of the molecule is C[C@@]12C=CC[C@H]1[C@@H]1CCC3NC(=O)CC[C@]3(C)[C@H]1CC2. The Labute approximate surface area is 122 Å². The molecule has 2 saturated carbocycles. The summed E-state index contributed by atoms with van der Waals surface area (Å²) in [5.41, 5.74) is 0.836. The highest BCUT2D eigenvalue weighted by Crippen LogP contribution is 2.62. The van der Waals surface area contributed by atoms with Crippen LogP contribution in [0.2, 0.25) is 0 Å². The first-order valence-electron chi connectivity index (χ1n) is 8.50. The van der Waals surface area contributed by atoms with Crippen LogP contribution in [0.1, 0.15) is 58.8 Å². The molecule has 0 radical (unpaired) electrons. The van der Waals surface area contributed by atoms with E-state index in [4.69, 9.17) is 0 Å². The average molecular weight is 273 g/mol. The van der Waals surface area contributed by atoms with Gasteiger partial charge in [-0.05, 0) is 67.1 Å². The van der Waals surface area contributed by atoms with Crippen LogP contribution in [-0.4, -0.2) is 11.9 Å². The number of hydrogen-bond acceptors (Lipinski definition) is 1. The molecule has 0 aromatic heterocycles. The maximum Gasteiger partial charge on any atom is 0.220 e. The molecule has 0 aromatic rings. The van der Waals surface area contributed by atoms with Crippen molar-refractivity contribution < 1.29 is 4.79 Å². The number of amides is 1. The molecule has 2 heteroatoms. The highest BCUT2D eigenvalue weighted by atomic mass is 16.1. The monoisotopic (exact) mass is 273 g/mol. The standard InChI is InChI=1S/C18H27NO/c1-17-9-3-4-13(17)12-5-6-15-18(2,14(12)7-10-17)11-8-16(20)19-15/h3,9,12-15H,4-8,10-11H2,1-2H3,(H,19,20)/t12-,13-,14-,15?,17-,18+/m0/s1. The molecule has 0 spiro atoms. The molecule has 1 saturated heterocycles. The molecule has 0 bridgehead atoms. The Morgan fingerprint density at radius 2 is 2.00 bits per heavy atom. The van der Waals surface area contributed by atoms with Gasteiger partial charge in [-0.2, -0.15) is 0 Å². The Balaban J connectivity index is 1.64. The van der Waals surface area contributed by atoms with E-state index in [9.17, 15) is 4.79 Å². The maximum atomic E-state index is 11.7. The number of allylic oxidation sites excluding steroid dienone is 2. The summed E-state index contributed by atoms with van der Waals surface area (Å²) in [5, 5.41) is 3.31. The molecular formula is C18H27NO. The molecule has 4 rings (SSSR count). The highest BCUT2D eigenvalue weighted by Gasteiger charge is 2.57. The van der Waals surface area contributed by atoms with Crippen LogP contribution in [0.5, 0.6) is 0 Å². The molecule has 20 heavy (non-hydrogen) atoms. The van der Waals surface area contributed by atoms with Gasteiger partial charge in [-0.1, -0.05) is 26.0 Å². The van der Waals surface area contributed by atoms with Crippen LogP contribution in [0.25, 0.3) is 0 Å². The van der Waals surface area contributed by atoms with Crippen LogP contribution >= 0.6 is 0 Å². The van der Waals surface area contributed by atoms with Gasteiger partial charge < -0.3 is 5.32 Å². The second-order valence-electron chi connectivity index (χ2n) is 8.26. The minimum absolute atomic E-state index is 0.286. The number of piperidine rings is 1. The zero-order valence-electron chi connectivity index (χ0n) is 12.8. The quantitative estimate of drug-likeness (QED) is 0.670. The summed E-state index contributed by atoms with van der Waals surface area (Å²) in [6.45, 7) is 4.95. The summed E-state index contributed by atoms with van der Waals surface area (Å²) >= 11 is 0. The zero-order chi connectivity index (χ0) is 14.0. The van der Waals surface area contributed by atoms with E-state index in [1.54, 1.807) is 0 Å². The molecule has 3 aliphatic carbocycles. The van der Waals surface area contributed by atoms with Gasteiger partial charge in [0, 0.05) is 12.5 Å². The third-order valence-corrected chi connectivity index (χ3v) is 7.42. The molecule has 1 unspecified atom stereocenters. The molecular weight excluding hydrogens is 246 g/mol. The summed E-state index contributed by atoms with van der Waals surface area (Å²) in [5.74, 6) is 2.88. The Morgan fingerprint density at radius 1 is 1.15 bits per heavy atom. The molecule has 1 N–H and O–H groups in total. The van der Waals surface area contributed by atoms with E-state index in [0.717, 1.165) is 30.6 Å². The normalized spacial score (nSPS) is 53.8. The molecule has 1 aliphatic heterocycles. The van der Waals surface area contributed by atoms with Crippen molar-refractivity contribution in [2.24, 2.45) is 28.6 Å². The number of carbonyl (C=O) groups excluding carboxylic acids is 1. The number of fused-ring (bicyclic) bond motifs is 5. The van der Waals surface area contributed by atoms with Gasteiger partial charge in [-0.15, -0.1) is 0 Å². The summed E-state index contributed by atoms with van der Waals surface area (Å²) in [4.78, 5) is 11.7. The van der Waals surface area contributed by atoms with Gasteiger partial charge in [0.05, 0.1) is 0 Å². The Kier molecular flexibility index (Phi) is 2.66. The van der Waals surface area contributed by atoms with Crippen molar-refractivity contribution >= 4 is 5.91 Å². The first kappa shape index (κ1) is 12.9. The Bertz CT molecular complexity index is 470. The third-order valence-electron chi connectivity index (χ3n) is 7.42. The van der Waals surface area contributed by atoms with Crippen LogP contribution in [-0.2, 0) is 4.79 Å². The average Bonchev–Trinajstić information content (AvgIpc) is 2.81. The second-order valence-corrected chi connectivity index (χ2v) is 8.26. The number of carbonyl (C=O) groups is 1. The lowest BCUT2D eigenvalue weighted by atomic mass is 9.48. The molecule has 4 aliphatic rings.